The summed E-state index contributed by atoms with van der Waals surface area (Å²) in [5.41, 5.74) is 2.28. The lowest BCUT2D eigenvalue weighted by molar-refractivity contribution is -0.140. The largest absolute Gasteiger partial charge is 0.350 e. The fourth-order valence-electron chi connectivity index (χ4n) is 3.76. The van der Waals surface area contributed by atoms with E-state index < -0.39 is 21.6 Å². The molecule has 2 aromatic rings. The van der Waals surface area contributed by atoms with E-state index in [1.54, 1.807) is 24.0 Å². The maximum Gasteiger partial charge on any atom is 0.242 e. The van der Waals surface area contributed by atoms with Crippen molar-refractivity contribution in [1.29, 1.82) is 0 Å². The van der Waals surface area contributed by atoms with Gasteiger partial charge in [0.15, 0.2) is 0 Å². The lowest BCUT2D eigenvalue weighted by atomic mass is 10.1. The van der Waals surface area contributed by atoms with Crippen LogP contribution in [0.2, 0.25) is 0 Å². The number of benzene rings is 2. The van der Waals surface area contributed by atoms with Gasteiger partial charge in [-0.15, -0.1) is 0 Å². The predicted octanol–water partition coefficient (Wildman–Crippen LogP) is 3.92. The van der Waals surface area contributed by atoms with Gasteiger partial charge in [-0.25, -0.2) is 8.42 Å². The molecule has 2 rings (SSSR count). The van der Waals surface area contributed by atoms with Gasteiger partial charge in [0.2, 0.25) is 21.8 Å². The summed E-state index contributed by atoms with van der Waals surface area (Å²) in [7, 11) is -3.50. The molecule has 1 unspecified atom stereocenters. The number of amides is 2. The van der Waals surface area contributed by atoms with E-state index in [4.69, 9.17) is 0 Å². The van der Waals surface area contributed by atoms with Gasteiger partial charge in [0.25, 0.3) is 0 Å². The molecule has 192 valence electrons. The Balaban J connectivity index is 2.12. The van der Waals surface area contributed by atoms with Crippen LogP contribution in [0.15, 0.2) is 54.6 Å². The van der Waals surface area contributed by atoms with Crippen LogP contribution in [0.3, 0.4) is 0 Å². The summed E-state index contributed by atoms with van der Waals surface area (Å²) in [6, 6.07) is 16.4. The van der Waals surface area contributed by atoms with E-state index in [1.807, 2.05) is 70.2 Å². The summed E-state index contributed by atoms with van der Waals surface area (Å²) >= 11 is 0. The van der Waals surface area contributed by atoms with Gasteiger partial charge in [-0.1, -0.05) is 48.0 Å². The Morgan fingerprint density at radius 2 is 1.57 bits per heavy atom. The number of sulfonamides is 1. The van der Waals surface area contributed by atoms with Crippen molar-refractivity contribution in [1.82, 2.24) is 10.2 Å². The standard InChI is InChI=1S/C27H39N3O4S/c1-21-14-16-24(17-15-21)30(35(6,33)34)19-10-13-25(31)29(20-18-23-11-8-7-9-12-23)22(2)26(32)28-27(3,4)5/h7-9,11-12,14-17,22H,10,13,18-20H2,1-6H3,(H,28,32). The second-order valence-corrected chi connectivity index (χ2v) is 11.9. The highest BCUT2D eigenvalue weighted by Crippen LogP contribution is 2.19. The van der Waals surface area contributed by atoms with E-state index in [0.29, 0.717) is 25.1 Å². The number of carbonyl (C=O) groups is 2. The van der Waals surface area contributed by atoms with Gasteiger partial charge in [0.1, 0.15) is 6.04 Å². The van der Waals surface area contributed by atoms with Gasteiger partial charge >= 0.3 is 0 Å². The smallest absolute Gasteiger partial charge is 0.242 e. The summed E-state index contributed by atoms with van der Waals surface area (Å²) < 4.78 is 26.1. The highest BCUT2D eigenvalue weighted by Gasteiger charge is 2.28. The van der Waals surface area contributed by atoms with E-state index >= 15 is 0 Å². The Hall–Kier alpha value is -2.87. The first-order valence-electron chi connectivity index (χ1n) is 12.0. The topological polar surface area (TPSA) is 86.8 Å². The molecule has 35 heavy (non-hydrogen) atoms. The summed E-state index contributed by atoms with van der Waals surface area (Å²) in [6.45, 7) is 9.96. The number of nitrogens with one attached hydrogen (secondary N) is 1. The molecular formula is C27H39N3O4S. The van der Waals surface area contributed by atoms with Crippen molar-refractivity contribution >= 4 is 27.5 Å². The molecule has 8 heteroatoms. The summed E-state index contributed by atoms with van der Waals surface area (Å²) in [5, 5.41) is 2.95. The van der Waals surface area contributed by atoms with E-state index in [-0.39, 0.29) is 24.8 Å². The molecule has 0 aromatic heterocycles. The zero-order valence-corrected chi connectivity index (χ0v) is 22.6. The predicted molar refractivity (Wildman–Crippen MR) is 142 cm³/mol. The third kappa shape index (κ3) is 9.36. The lowest BCUT2D eigenvalue weighted by Crippen LogP contribution is -2.53. The quantitative estimate of drug-likeness (QED) is 0.506. The zero-order valence-electron chi connectivity index (χ0n) is 21.7. The third-order valence-corrected chi connectivity index (χ3v) is 6.82. The summed E-state index contributed by atoms with van der Waals surface area (Å²) in [5.74, 6) is -0.383. The highest BCUT2D eigenvalue weighted by molar-refractivity contribution is 7.92. The SMILES string of the molecule is Cc1ccc(N(CCCC(=O)N(CCc2ccccc2)C(C)C(=O)NC(C)(C)C)S(C)(=O)=O)cc1. The van der Waals surface area contributed by atoms with Crippen LogP contribution in [0.4, 0.5) is 5.69 Å². The fourth-order valence-corrected chi connectivity index (χ4v) is 4.72. The van der Waals surface area contributed by atoms with Crippen LogP contribution in [-0.4, -0.2) is 56.1 Å². The molecule has 7 nitrogen and oxygen atoms in total. The fraction of sp³-hybridized carbons (Fsp3) is 0.481. The Bertz CT molecular complexity index is 1080. The summed E-state index contributed by atoms with van der Waals surface area (Å²) in [4.78, 5) is 27.7. The number of hydrogen-bond donors (Lipinski definition) is 1. The minimum absolute atomic E-state index is 0.139. The molecule has 1 atom stereocenters. The minimum Gasteiger partial charge on any atom is -0.350 e. The number of hydrogen-bond acceptors (Lipinski definition) is 4. The molecule has 0 saturated heterocycles. The van der Waals surface area contributed by atoms with E-state index in [9.17, 15) is 18.0 Å². The average Bonchev–Trinajstić information content (AvgIpc) is 2.76. The van der Waals surface area contributed by atoms with E-state index in [2.05, 4.69) is 5.32 Å². The molecule has 2 aromatic carbocycles. The first-order chi connectivity index (χ1) is 16.3. The van der Waals surface area contributed by atoms with Gasteiger partial charge in [-0.2, -0.15) is 0 Å². The van der Waals surface area contributed by atoms with Crippen molar-refractivity contribution in [3.8, 4) is 0 Å². The second kappa shape index (κ2) is 12.2. The molecular weight excluding hydrogens is 462 g/mol. The van der Waals surface area contributed by atoms with Crippen molar-refractivity contribution in [2.45, 2.75) is 65.5 Å². The van der Waals surface area contributed by atoms with Crippen LogP contribution >= 0.6 is 0 Å². The normalized spacial score (nSPS) is 12.6. The molecule has 0 aliphatic heterocycles. The van der Waals surface area contributed by atoms with Crippen LogP contribution in [0, 0.1) is 6.92 Å². The molecule has 0 heterocycles. The number of nitrogens with zero attached hydrogens (tertiary/aromatic N) is 2. The van der Waals surface area contributed by atoms with Crippen LogP contribution in [0.25, 0.3) is 0 Å². The third-order valence-electron chi connectivity index (χ3n) is 5.62. The van der Waals surface area contributed by atoms with Crippen molar-refractivity contribution in [3.63, 3.8) is 0 Å². The Kier molecular flexibility index (Phi) is 9.89. The van der Waals surface area contributed by atoms with Gasteiger partial charge in [-0.05, 0) is 65.2 Å². The Labute approximate surface area is 210 Å². The van der Waals surface area contributed by atoms with Gasteiger partial charge in [0, 0.05) is 25.0 Å². The Morgan fingerprint density at radius 3 is 2.11 bits per heavy atom. The van der Waals surface area contributed by atoms with Gasteiger partial charge < -0.3 is 10.2 Å². The molecule has 0 saturated carbocycles. The van der Waals surface area contributed by atoms with Crippen molar-refractivity contribution < 1.29 is 18.0 Å². The van der Waals surface area contributed by atoms with Crippen LogP contribution in [-0.2, 0) is 26.0 Å². The number of carbonyl (C=O) groups excluding carboxylic acids is 2. The minimum atomic E-state index is -3.50. The molecule has 0 aliphatic rings. The number of anilines is 1. The van der Waals surface area contributed by atoms with Gasteiger partial charge in [0.05, 0.1) is 11.9 Å². The van der Waals surface area contributed by atoms with Crippen LogP contribution in [0.1, 0.15) is 51.7 Å². The first kappa shape index (κ1) is 28.4. The molecule has 0 aliphatic carbocycles. The van der Waals surface area contributed by atoms with Crippen LogP contribution < -0.4 is 9.62 Å². The number of rotatable bonds is 11. The first-order valence-corrected chi connectivity index (χ1v) is 13.8. The molecule has 0 radical (unpaired) electrons. The second-order valence-electron chi connectivity index (χ2n) is 10.0. The van der Waals surface area contributed by atoms with Crippen molar-refractivity contribution in [3.05, 3.63) is 65.7 Å². The maximum atomic E-state index is 13.3. The number of aryl methyl sites for hydroxylation is 1. The summed E-state index contributed by atoms with van der Waals surface area (Å²) in [6.07, 6.45) is 2.27. The molecule has 0 fully saturated rings. The van der Waals surface area contributed by atoms with Gasteiger partial charge in [-0.3, -0.25) is 13.9 Å². The Morgan fingerprint density at radius 1 is 0.971 bits per heavy atom. The molecule has 0 bridgehead atoms. The zero-order chi connectivity index (χ0) is 26.2. The maximum absolute atomic E-state index is 13.3. The van der Waals surface area contributed by atoms with Crippen molar-refractivity contribution in [2.24, 2.45) is 0 Å². The van der Waals surface area contributed by atoms with E-state index in [0.717, 1.165) is 11.1 Å². The van der Waals surface area contributed by atoms with Crippen LogP contribution in [0.5, 0.6) is 0 Å². The highest BCUT2D eigenvalue weighted by atomic mass is 32.2. The molecule has 2 amide bonds. The monoisotopic (exact) mass is 501 g/mol. The van der Waals surface area contributed by atoms with E-state index in [1.165, 1.54) is 10.6 Å². The lowest BCUT2D eigenvalue weighted by Gasteiger charge is -2.32. The average molecular weight is 502 g/mol. The van der Waals surface area contributed by atoms with Crippen molar-refractivity contribution in [2.75, 3.05) is 23.7 Å². The molecule has 0 spiro atoms. The molecule has 1 N–H and O–H groups in total.